The number of nitrogens with zero attached hydrogens (tertiary/aromatic N) is 1. The van der Waals surface area contributed by atoms with Gasteiger partial charge >= 0.3 is 6.09 Å². The number of rotatable bonds is 5. The fraction of sp³-hybridized carbons (Fsp3) is 0.333. The van der Waals surface area contributed by atoms with Gasteiger partial charge in [-0.05, 0) is 17.6 Å². The Morgan fingerprint density at radius 1 is 1.38 bits per heavy atom. The van der Waals surface area contributed by atoms with Crippen LogP contribution in [-0.4, -0.2) is 40.8 Å². The summed E-state index contributed by atoms with van der Waals surface area (Å²) in [4.78, 5) is 25.2. The lowest BCUT2D eigenvalue weighted by Crippen LogP contribution is -2.39. The highest BCUT2D eigenvalue weighted by Gasteiger charge is 2.37. The summed E-state index contributed by atoms with van der Waals surface area (Å²) in [7, 11) is 0. The van der Waals surface area contributed by atoms with E-state index in [0.29, 0.717) is 13.0 Å². The van der Waals surface area contributed by atoms with Crippen molar-refractivity contribution in [2.24, 2.45) is 11.7 Å². The van der Waals surface area contributed by atoms with Crippen LogP contribution >= 0.6 is 15.9 Å². The number of halogens is 1. The van der Waals surface area contributed by atoms with Crippen LogP contribution in [0.1, 0.15) is 5.56 Å². The minimum absolute atomic E-state index is 0.0621. The Labute approximate surface area is 149 Å². The molecule has 1 amide bonds. The molecular formula is C18H19BrN2O3. The highest BCUT2D eigenvalue weighted by Crippen LogP contribution is 2.32. The van der Waals surface area contributed by atoms with Gasteiger partial charge in [-0.3, -0.25) is 4.79 Å². The quantitative estimate of drug-likeness (QED) is 0.783. The van der Waals surface area contributed by atoms with Crippen LogP contribution < -0.4 is 5.73 Å². The van der Waals surface area contributed by atoms with Crippen molar-refractivity contribution < 1.29 is 14.3 Å². The first kappa shape index (κ1) is 16.8. The summed E-state index contributed by atoms with van der Waals surface area (Å²) in [6, 6.07) is 9.93. The third kappa shape index (κ3) is 3.70. The lowest BCUT2D eigenvalue weighted by molar-refractivity contribution is -0.120. The van der Waals surface area contributed by atoms with Gasteiger partial charge in [0.1, 0.15) is 6.61 Å². The molecule has 2 unspecified atom stereocenters. The van der Waals surface area contributed by atoms with Gasteiger partial charge in [0.25, 0.3) is 0 Å². The molecule has 0 saturated heterocycles. The maximum atomic E-state index is 12.3. The number of carbonyl (C=O) groups excluding carboxylic acids is 2. The SMILES string of the molecule is NC(=O)OC[C@H](Cc1ccccc1)N1C=C2C=CC(Br)C(=O)C2C1. The maximum absolute atomic E-state index is 12.3. The van der Waals surface area contributed by atoms with Crippen LogP contribution in [0, 0.1) is 5.92 Å². The van der Waals surface area contributed by atoms with E-state index in [1.54, 1.807) is 0 Å². The van der Waals surface area contributed by atoms with Crippen molar-refractivity contribution in [2.75, 3.05) is 13.2 Å². The number of benzene rings is 1. The Balaban J connectivity index is 1.76. The van der Waals surface area contributed by atoms with Crippen molar-refractivity contribution in [3.63, 3.8) is 0 Å². The van der Waals surface area contributed by atoms with E-state index in [4.69, 9.17) is 10.5 Å². The van der Waals surface area contributed by atoms with Gasteiger partial charge in [-0.25, -0.2) is 4.79 Å². The monoisotopic (exact) mass is 390 g/mol. The summed E-state index contributed by atoms with van der Waals surface area (Å²) < 4.78 is 5.05. The van der Waals surface area contributed by atoms with Gasteiger partial charge in [-0.15, -0.1) is 0 Å². The molecule has 24 heavy (non-hydrogen) atoms. The first-order valence-corrected chi connectivity index (χ1v) is 8.76. The second-order valence-corrected chi connectivity index (χ2v) is 7.00. The van der Waals surface area contributed by atoms with Crippen LogP contribution in [0.4, 0.5) is 4.79 Å². The number of amides is 1. The first-order chi connectivity index (χ1) is 11.5. The van der Waals surface area contributed by atoms with Gasteiger partial charge in [-0.2, -0.15) is 0 Å². The molecule has 0 radical (unpaired) electrons. The van der Waals surface area contributed by atoms with Crippen molar-refractivity contribution in [1.29, 1.82) is 0 Å². The number of fused-ring (bicyclic) bond motifs is 1. The van der Waals surface area contributed by atoms with Gasteiger partial charge in [0.2, 0.25) is 0 Å². The Hall–Kier alpha value is -2.08. The molecule has 3 rings (SSSR count). The van der Waals surface area contributed by atoms with Crippen molar-refractivity contribution in [2.45, 2.75) is 17.3 Å². The highest BCUT2D eigenvalue weighted by molar-refractivity contribution is 9.10. The Kier molecular flexibility index (Phi) is 5.04. The highest BCUT2D eigenvalue weighted by atomic mass is 79.9. The molecule has 3 atom stereocenters. The second-order valence-electron chi connectivity index (χ2n) is 6.02. The lowest BCUT2D eigenvalue weighted by atomic mass is 9.90. The predicted octanol–water partition coefficient (Wildman–Crippen LogP) is 2.41. The molecule has 0 fully saturated rings. The number of hydrogen-bond acceptors (Lipinski definition) is 4. The Morgan fingerprint density at radius 2 is 2.12 bits per heavy atom. The van der Waals surface area contributed by atoms with Crippen molar-refractivity contribution >= 4 is 27.8 Å². The molecule has 2 aliphatic rings. The molecule has 2 N–H and O–H groups in total. The second kappa shape index (κ2) is 7.21. The van der Waals surface area contributed by atoms with E-state index in [-0.39, 0.29) is 29.2 Å². The molecule has 0 bridgehead atoms. The number of ketones is 1. The van der Waals surface area contributed by atoms with Crippen LogP contribution in [0.5, 0.6) is 0 Å². The molecule has 1 aromatic rings. The molecule has 6 heteroatoms. The number of allylic oxidation sites excluding steroid dienone is 2. The Morgan fingerprint density at radius 3 is 2.83 bits per heavy atom. The van der Waals surface area contributed by atoms with E-state index in [9.17, 15) is 9.59 Å². The van der Waals surface area contributed by atoms with Crippen LogP contribution in [0.25, 0.3) is 0 Å². The molecule has 1 aliphatic heterocycles. The van der Waals surface area contributed by atoms with E-state index in [1.807, 2.05) is 48.7 Å². The van der Waals surface area contributed by atoms with Crippen molar-refractivity contribution in [3.8, 4) is 0 Å². The number of hydrogen-bond donors (Lipinski definition) is 1. The predicted molar refractivity (Wildman–Crippen MR) is 94.6 cm³/mol. The zero-order valence-electron chi connectivity index (χ0n) is 13.1. The minimum atomic E-state index is -0.783. The van der Waals surface area contributed by atoms with E-state index >= 15 is 0 Å². The van der Waals surface area contributed by atoms with Crippen molar-refractivity contribution in [1.82, 2.24) is 4.90 Å². The van der Waals surface area contributed by atoms with Crippen molar-refractivity contribution in [3.05, 3.63) is 59.8 Å². The molecular weight excluding hydrogens is 372 g/mol. The van der Waals surface area contributed by atoms with E-state index in [0.717, 1.165) is 11.1 Å². The third-order valence-electron chi connectivity index (χ3n) is 4.38. The standard InChI is InChI=1S/C18H19BrN2O3/c19-16-7-6-13-9-21(10-15(13)17(16)22)14(11-24-18(20)23)8-12-4-2-1-3-5-12/h1-7,9,14-16H,8,10-11H2,(H2,20,23)/t14-,15?,16?/m0/s1. The number of carbonyl (C=O) groups is 2. The van der Waals surface area contributed by atoms with Gasteiger partial charge in [0, 0.05) is 12.7 Å². The first-order valence-electron chi connectivity index (χ1n) is 7.84. The molecule has 1 aromatic carbocycles. The maximum Gasteiger partial charge on any atom is 0.404 e. The molecule has 0 aromatic heterocycles. The van der Waals surface area contributed by atoms with E-state index < -0.39 is 6.09 Å². The number of nitrogens with two attached hydrogens (primary N) is 1. The van der Waals surface area contributed by atoms with E-state index in [1.165, 1.54) is 0 Å². The summed E-state index contributed by atoms with van der Waals surface area (Å²) in [5.41, 5.74) is 7.27. The van der Waals surface area contributed by atoms with E-state index in [2.05, 4.69) is 20.8 Å². The van der Waals surface area contributed by atoms with Crippen LogP contribution in [0.3, 0.4) is 0 Å². The molecule has 1 aliphatic carbocycles. The lowest BCUT2D eigenvalue weighted by Gasteiger charge is -2.28. The normalized spacial score (nSPS) is 23.6. The Bertz CT molecular complexity index is 687. The molecule has 0 saturated carbocycles. The number of alkyl halides is 1. The molecule has 0 spiro atoms. The number of ether oxygens (including phenoxy) is 1. The summed E-state index contributed by atoms with van der Waals surface area (Å²) in [6.07, 6.45) is 5.77. The van der Waals surface area contributed by atoms with Gasteiger partial charge in [0.05, 0.1) is 16.8 Å². The summed E-state index contributed by atoms with van der Waals surface area (Å²) in [6.45, 7) is 0.788. The zero-order valence-corrected chi connectivity index (χ0v) is 14.7. The summed E-state index contributed by atoms with van der Waals surface area (Å²) in [5, 5.41) is 0. The topological polar surface area (TPSA) is 72.6 Å². The largest absolute Gasteiger partial charge is 0.448 e. The number of primary amides is 1. The molecule has 1 heterocycles. The molecule has 5 nitrogen and oxygen atoms in total. The average molecular weight is 391 g/mol. The van der Waals surface area contributed by atoms with Crippen LogP contribution in [0.2, 0.25) is 0 Å². The van der Waals surface area contributed by atoms with Crippen LogP contribution in [0.15, 0.2) is 54.3 Å². The summed E-state index contributed by atoms with van der Waals surface area (Å²) >= 11 is 3.38. The smallest absolute Gasteiger partial charge is 0.404 e. The number of Topliss-reactive ketones (excluding diaryl/α,β-unsaturated/α-hetero) is 1. The zero-order chi connectivity index (χ0) is 17.1. The van der Waals surface area contributed by atoms with Crippen LogP contribution in [-0.2, 0) is 16.0 Å². The molecule has 126 valence electrons. The minimum Gasteiger partial charge on any atom is -0.448 e. The summed E-state index contributed by atoms with van der Waals surface area (Å²) in [5.74, 6) is 0.0340. The fourth-order valence-electron chi connectivity index (χ4n) is 3.14. The fourth-order valence-corrected chi connectivity index (χ4v) is 3.61. The van der Waals surface area contributed by atoms with Gasteiger partial charge < -0.3 is 15.4 Å². The van der Waals surface area contributed by atoms with Gasteiger partial charge in [-0.1, -0.05) is 58.4 Å². The van der Waals surface area contributed by atoms with Gasteiger partial charge in [0.15, 0.2) is 5.78 Å². The average Bonchev–Trinajstić information content (AvgIpc) is 3.00. The third-order valence-corrected chi connectivity index (χ3v) is 5.14.